The number of carbonyl (C=O) groups is 2. The van der Waals surface area contributed by atoms with Crippen molar-refractivity contribution in [3.8, 4) is 11.1 Å². The van der Waals surface area contributed by atoms with Crippen LogP contribution in [-0.2, 0) is 20.7 Å². The number of ether oxygens (including phenoxy) is 1. The van der Waals surface area contributed by atoms with Crippen molar-refractivity contribution in [2.24, 2.45) is 0 Å². The third kappa shape index (κ3) is 9.09. The lowest BCUT2D eigenvalue weighted by Crippen LogP contribution is -2.33. The van der Waals surface area contributed by atoms with Gasteiger partial charge in [0.1, 0.15) is 0 Å². The van der Waals surface area contributed by atoms with Gasteiger partial charge in [-0.05, 0) is 29.5 Å². The highest BCUT2D eigenvalue weighted by Crippen LogP contribution is 2.20. The van der Waals surface area contributed by atoms with Gasteiger partial charge in [-0.3, -0.25) is 9.59 Å². The Morgan fingerprint density at radius 3 is 2.20 bits per heavy atom. The Morgan fingerprint density at radius 2 is 1.60 bits per heavy atom. The van der Waals surface area contributed by atoms with Crippen molar-refractivity contribution in [3.63, 3.8) is 0 Å². The number of carbonyl (C=O) groups excluding carboxylic acids is 1. The summed E-state index contributed by atoms with van der Waals surface area (Å²) in [6.07, 6.45) is -4.11. The zero-order valence-electron chi connectivity index (χ0n) is 16.3. The monoisotopic (exact) mass is 423 g/mol. The smallest absolute Gasteiger partial charge is 0.422 e. The molecule has 0 aromatic heterocycles. The van der Waals surface area contributed by atoms with E-state index in [9.17, 15) is 22.8 Å². The van der Waals surface area contributed by atoms with Crippen molar-refractivity contribution in [1.82, 2.24) is 5.32 Å². The molecule has 8 heteroatoms. The van der Waals surface area contributed by atoms with E-state index < -0.39 is 24.7 Å². The first-order chi connectivity index (χ1) is 14.2. The van der Waals surface area contributed by atoms with Crippen LogP contribution in [0.1, 0.15) is 24.8 Å². The number of hydrogen-bond donors (Lipinski definition) is 2. The van der Waals surface area contributed by atoms with Gasteiger partial charge in [-0.15, -0.1) is 0 Å². The highest BCUT2D eigenvalue weighted by Gasteiger charge is 2.29. The number of carboxylic acid groups (broad SMARTS) is 1. The zero-order chi connectivity index (χ0) is 22.0. The molecule has 0 saturated heterocycles. The summed E-state index contributed by atoms with van der Waals surface area (Å²) in [6.45, 7) is -1.41. The molecule has 0 bridgehead atoms. The first-order valence-corrected chi connectivity index (χ1v) is 9.55. The van der Waals surface area contributed by atoms with Crippen molar-refractivity contribution in [2.45, 2.75) is 37.9 Å². The SMILES string of the molecule is O=C(O)CCNC(CCC(=O)OCC(F)(F)F)Cc1ccc(-c2ccccc2)cc1. The molecule has 0 radical (unpaired) electrons. The van der Waals surface area contributed by atoms with Crippen LogP contribution in [0.25, 0.3) is 11.1 Å². The van der Waals surface area contributed by atoms with Crippen LogP contribution in [0.15, 0.2) is 54.6 Å². The summed E-state index contributed by atoms with van der Waals surface area (Å²) in [5, 5.41) is 11.9. The summed E-state index contributed by atoms with van der Waals surface area (Å²) in [5.41, 5.74) is 3.09. The van der Waals surface area contributed by atoms with Crippen molar-refractivity contribution in [1.29, 1.82) is 0 Å². The maximum atomic E-state index is 12.2. The lowest BCUT2D eigenvalue weighted by molar-refractivity contribution is -0.186. The Labute approximate surface area is 172 Å². The molecule has 5 nitrogen and oxygen atoms in total. The molecule has 30 heavy (non-hydrogen) atoms. The summed E-state index contributed by atoms with van der Waals surface area (Å²) < 4.78 is 40.7. The second-order valence-electron chi connectivity index (χ2n) is 6.88. The van der Waals surface area contributed by atoms with Crippen molar-refractivity contribution in [3.05, 3.63) is 60.2 Å². The molecule has 2 rings (SSSR count). The second-order valence-corrected chi connectivity index (χ2v) is 6.88. The number of rotatable bonds is 11. The van der Waals surface area contributed by atoms with Gasteiger partial charge in [-0.2, -0.15) is 13.2 Å². The van der Waals surface area contributed by atoms with Gasteiger partial charge in [0.15, 0.2) is 6.61 Å². The highest BCUT2D eigenvalue weighted by molar-refractivity contribution is 5.69. The maximum absolute atomic E-state index is 12.2. The van der Waals surface area contributed by atoms with E-state index in [0.29, 0.717) is 6.42 Å². The number of nitrogens with one attached hydrogen (secondary N) is 1. The average molecular weight is 423 g/mol. The van der Waals surface area contributed by atoms with Crippen LogP contribution in [-0.4, -0.2) is 42.4 Å². The predicted molar refractivity (Wildman–Crippen MR) is 106 cm³/mol. The van der Waals surface area contributed by atoms with Crippen LogP contribution in [0, 0.1) is 0 Å². The van der Waals surface area contributed by atoms with E-state index in [-0.39, 0.29) is 31.8 Å². The third-order valence-electron chi connectivity index (χ3n) is 4.41. The molecule has 2 N–H and O–H groups in total. The van der Waals surface area contributed by atoms with Crippen LogP contribution in [0.3, 0.4) is 0 Å². The number of carboxylic acids is 1. The highest BCUT2D eigenvalue weighted by atomic mass is 19.4. The Bertz CT molecular complexity index is 807. The van der Waals surface area contributed by atoms with Crippen LogP contribution < -0.4 is 5.32 Å². The summed E-state index contributed by atoms with van der Waals surface area (Å²) in [5.74, 6) is -1.89. The topological polar surface area (TPSA) is 75.6 Å². The van der Waals surface area contributed by atoms with E-state index in [4.69, 9.17) is 5.11 Å². The molecule has 0 aliphatic heterocycles. The fourth-order valence-corrected chi connectivity index (χ4v) is 2.93. The number of alkyl halides is 3. The zero-order valence-corrected chi connectivity index (χ0v) is 16.3. The van der Waals surface area contributed by atoms with Crippen LogP contribution in [0.2, 0.25) is 0 Å². The molecule has 1 atom stereocenters. The number of esters is 1. The standard InChI is InChI=1S/C22H24F3NO4/c23-22(24,25)15-30-21(29)11-10-19(26-13-12-20(27)28)14-16-6-8-18(9-7-16)17-4-2-1-3-5-17/h1-9,19,26H,10-15H2,(H,27,28). The van der Waals surface area contributed by atoms with Crippen molar-refractivity contribution >= 4 is 11.9 Å². The molecule has 162 valence electrons. The van der Waals surface area contributed by atoms with Gasteiger partial charge in [-0.25, -0.2) is 0 Å². The summed E-state index contributed by atoms with van der Waals surface area (Å²) in [6, 6.07) is 17.4. The third-order valence-corrected chi connectivity index (χ3v) is 4.41. The molecule has 2 aromatic carbocycles. The van der Waals surface area contributed by atoms with E-state index >= 15 is 0 Å². The molecule has 0 heterocycles. The number of benzene rings is 2. The number of hydrogen-bond acceptors (Lipinski definition) is 4. The fourth-order valence-electron chi connectivity index (χ4n) is 2.93. The first-order valence-electron chi connectivity index (χ1n) is 9.55. The molecule has 0 spiro atoms. The molecule has 0 saturated carbocycles. The number of halogens is 3. The predicted octanol–water partition coefficient (Wildman–Crippen LogP) is 4.21. The van der Waals surface area contributed by atoms with Gasteiger partial charge < -0.3 is 15.2 Å². The normalized spacial score (nSPS) is 12.4. The molecule has 0 aliphatic rings. The van der Waals surface area contributed by atoms with E-state index in [1.165, 1.54) is 0 Å². The van der Waals surface area contributed by atoms with Crippen molar-refractivity contribution in [2.75, 3.05) is 13.2 Å². The van der Waals surface area contributed by atoms with Gasteiger partial charge in [0.25, 0.3) is 0 Å². The van der Waals surface area contributed by atoms with E-state index in [2.05, 4.69) is 10.1 Å². The minimum absolute atomic E-state index is 0.0953. The van der Waals surface area contributed by atoms with Gasteiger partial charge >= 0.3 is 18.1 Å². The van der Waals surface area contributed by atoms with E-state index in [1.807, 2.05) is 54.6 Å². The first kappa shape index (κ1) is 23.4. The Hall–Kier alpha value is -2.87. The molecule has 0 aliphatic carbocycles. The molecular formula is C22H24F3NO4. The molecule has 1 unspecified atom stereocenters. The lowest BCUT2D eigenvalue weighted by atomic mass is 9.98. The second kappa shape index (κ2) is 11.3. The van der Waals surface area contributed by atoms with E-state index in [1.54, 1.807) is 0 Å². The van der Waals surface area contributed by atoms with Gasteiger partial charge in [0.05, 0.1) is 6.42 Å². The van der Waals surface area contributed by atoms with Crippen molar-refractivity contribution < 1.29 is 32.6 Å². The maximum Gasteiger partial charge on any atom is 0.422 e. The van der Waals surface area contributed by atoms with E-state index in [0.717, 1.165) is 16.7 Å². The molecule has 0 amide bonds. The van der Waals surface area contributed by atoms with Crippen LogP contribution in [0.4, 0.5) is 13.2 Å². The lowest BCUT2D eigenvalue weighted by Gasteiger charge is -2.19. The summed E-state index contributed by atoms with van der Waals surface area (Å²) in [7, 11) is 0. The van der Waals surface area contributed by atoms with Gasteiger partial charge in [0.2, 0.25) is 0 Å². The Kier molecular flexibility index (Phi) is 8.86. The quantitative estimate of drug-likeness (QED) is 0.530. The minimum atomic E-state index is -4.56. The van der Waals surface area contributed by atoms with Gasteiger partial charge in [-0.1, -0.05) is 54.6 Å². The summed E-state index contributed by atoms with van der Waals surface area (Å²) in [4.78, 5) is 22.3. The number of aliphatic carboxylic acids is 1. The Morgan fingerprint density at radius 1 is 0.967 bits per heavy atom. The van der Waals surface area contributed by atoms with Gasteiger partial charge in [0, 0.05) is 19.0 Å². The molecular weight excluding hydrogens is 399 g/mol. The summed E-state index contributed by atoms with van der Waals surface area (Å²) >= 11 is 0. The molecule has 2 aromatic rings. The largest absolute Gasteiger partial charge is 0.481 e. The fraction of sp³-hybridized carbons (Fsp3) is 0.364. The Balaban J connectivity index is 1.94. The van der Waals surface area contributed by atoms with Crippen LogP contribution in [0.5, 0.6) is 0 Å². The average Bonchev–Trinajstić information content (AvgIpc) is 2.71. The minimum Gasteiger partial charge on any atom is -0.481 e. The molecule has 0 fully saturated rings. The van der Waals surface area contributed by atoms with Crippen LogP contribution >= 0.6 is 0 Å².